The van der Waals surface area contributed by atoms with Gasteiger partial charge < -0.3 is 15.2 Å². The Morgan fingerprint density at radius 1 is 1.11 bits per heavy atom. The molecule has 0 spiro atoms. The van der Waals surface area contributed by atoms with Gasteiger partial charge in [0, 0.05) is 32.1 Å². The molecule has 4 rings (SSSR count). The highest BCUT2D eigenvalue weighted by Crippen LogP contribution is 2.33. The Morgan fingerprint density at radius 3 is 2.64 bits per heavy atom. The molecule has 2 atom stereocenters. The van der Waals surface area contributed by atoms with Gasteiger partial charge in [-0.05, 0) is 54.3 Å². The number of nitrogens with one attached hydrogen (secondary N) is 1. The number of halogens is 2. The fraction of sp³-hybridized carbons (Fsp3) is 0.455. The lowest BCUT2D eigenvalue weighted by molar-refractivity contribution is -0.0899. The zero-order valence-corrected chi connectivity index (χ0v) is 17.9. The molecule has 2 N–H and O–H groups in total. The molecular weight excluding hydrogens is 395 g/mol. The van der Waals surface area contributed by atoms with Crippen molar-refractivity contribution in [1.29, 1.82) is 0 Å². The molecule has 6 heteroatoms. The van der Waals surface area contributed by atoms with Gasteiger partial charge in [0.05, 0.1) is 12.7 Å². The topological polar surface area (TPSA) is 44.7 Å². The van der Waals surface area contributed by atoms with Gasteiger partial charge in [0.2, 0.25) is 0 Å². The number of fused-ring (bicyclic) bond motifs is 1. The van der Waals surface area contributed by atoms with Crippen LogP contribution < -0.4 is 10.1 Å². The summed E-state index contributed by atoms with van der Waals surface area (Å²) in [5, 5.41) is 14.3. The van der Waals surface area contributed by atoms with Crippen molar-refractivity contribution in [3.63, 3.8) is 0 Å². The Labute approximate surface area is 180 Å². The Balaban J connectivity index is 0.00000140. The highest BCUT2D eigenvalue weighted by molar-refractivity contribution is 5.85. The third-order valence-corrected chi connectivity index (χ3v) is 5.96. The van der Waals surface area contributed by atoms with Crippen LogP contribution in [-0.4, -0.2) is 48.9 Å². The van der Waals surface area contributed by atoms with Crippen LogP contribution in [-0.2, 0) is 6.54 Å². The maximum atomic E-state index is 10.8. The van der Waals surface area contributed by atoms with Gasteiger partial charge in [0.1, 0.15) is 5.75 Å². The van der Waals surface area contributed by atoms with Crippen LogP contribution in [0.15, 0.2) is 48.5 Å². The fourth-order valence-corrected chi connectivity index (χ4v) is 4.35. The molecule has 2 saturated heterocycles. The van der Waals surface area contributed by atoms with E-state index in [-0.39, 0.29) is 24.8 Å². The summed E-state index contributed by atoms with van der Waals surface area (Å²) in [7, 11) is 1.70. The van der Waals surface area contributed by atoms with Crippen LogP contribution in [0.5, 0.6) is 5.75 Å². The summed E-state index contributed by atoms with van der Waals surface area (Å²) in [6.07, 6.45) is 1.77. The maximum Gasteiger partial charge on any atom is 0.119 e. The van der Waals surface area contributed by atoms with Gasteiger partial charge in [0.15, 0.2) is 0 Å². The first-order valence-electron chi connectivity index (χ1n) is 9.55. The summed E-state index contributed by atoms with van der Waals surface area (Å²) in [6, 6.07) is 17.0. The van der Waals surface area contributed by atoms with Crippen LogP contribution in [0, 0.1) is 5.92 Å². The molecule has 2 aromatic carbocycles. The Morgan fingerprint density at radius 2 is 1.86 bits per heavy atom. The lowest BCUT2D eigenvalue weighted by Gasteiger charge is -2.47. The summed E-state index contributed by atoms with van der Waals surface area (Å²) < 4.78 is 5.35. The monoisotopic (exact) mass is 424 g/mol. The third-order valence-electron chi connectivity index (χ3n) is 5.96. The van der Waals surface area contributed by atoms with E-state index in [4.69, 9.17) is 4.74 Å². The van der Waals surface area contributed by atoms with Crippen LogP contribution >= 0.6 is 24.8 Å². The van der Waals surface area contributed by atoms with Crippen LogP contribution in [0.1, 0.15) is 18.4 Å². The van der Waals surface area contributed by atoms with E-state index >= 15 is 0 Å². The predicted octanol–water partition coefficient (Wildman–Crippen LogP) is 3.75. The summed E-state index contributed by atoms with van der Waals surface area (Å²) in [5.74, 6) is 1.22. The van der Waals surface area contributed by atoms with Crippen molar-refractivity contribution in [3.8, 4) is 16.9 Å². The molecular formula is C22H30Cl2N2O2. The molecule has 2 fully saturated rings. The molecule has 0 unspecified atom stereocenters. The molecule has 2 aliphatic rings. The largest absolute Gasteiger partial charge is 0.497 e. The molecule has 0 aliphatic carbocycles. The second-order valence-electron chi connectivity index (χ2n) is 7.67. The standard InChI is InChI=1S/C22H28N2O2.2ClH/c1-26-21-7-3-6-19(13-21)18-5-2-4-17(12-18)15-24-11-9-22(25)8-10-23-14-20(22)16-24;;/h2-7,12-13,20,23,25H,8-11,14-16H2,1H3;2*1H/t20-,22-;;/m0../s1. The normalized spacial score (nSPS) is 24.4. The quantitative estimate of drug-likeness (QED) is 0.783. The zero-order chi connectivity index (χ0) is 18.0. The third kappa shape index (κ3) is 5.00. The van der Waals surface area contributed by atoms with Gasteiger partial charge in [-0.3, -0.25) is 4.90 Å². The van der Waals surface area contributed by atoms with Crippen LogP contribution in [0.2, 0.25) is 0 Å². The van der Waals surface area contributed by atoms with E-state index in [1.165, 1.54) is 16.7 Å². The number of ether oxygens (including phenoxy) is 1. The van der Waals surface area contributed by atoms with E-state index in [2.05, 4.69) is 46.6 Å². The van der Waals surface area contributed by atoms with Gasteiger partial charge >= 0.3 is 0 Å². The lowest BCUT2D eigenvalue weighted by Crippen LogP contribution is -2.58. The number of hydrogen-bond donors (Lipinski definition) is 2. The Bertz CT molecular complexity index is 774. The van der Waals surface area contributed by atoms with Crippen LogP contribution in [0.25, 0.3) is 11.1 Å². The molecule has 4 nitrogen and oxygen atoms in total. The van der Waals surface area contributed by atoms with Crippen LogP contribution in [0.3, 0.4) is 0 Å². The maximum absolute atomic E-state index is 10.8. The average molecular weight is 425 g/mol. The van der Waals surface area contributed by atoms with Crippen LogP contribution in [0.4, 0.5) is 0 Å². The lowest BCUT2D eigenvalue weighted by atomic mass is 9.76. The number of methoxy groups -OCH3 is 1. The summed E-state index contributed by atoms with van der Waals surface area (Å²) >= 11 is 0. The number of benzene rings is 2. The SMILES string of the molecule is COc1cccc(-c2cccc(CN3CC[C@@]4(O)CCNC[C@H]4C3)c2)c1.Cl.Cl. The van der Waals surface area contributed by atoms with Crippen molar-refractivity contribution >= 4 is 24.8 Å². The molecule has 0 saturated carbocycles. The number of nitrogens with zero attached hydrogens (tertiary/aromatic N) is 1. The number of piperidine rings is 2. The average Bonchev–Trinajstić information content (AvgIpc) is 2.68. The van der Waals surface area contributed by atoms with E-state index in [9.17, 15) is 5.11 Å². The van der Waals surface area contributed by atoms with Crippen molar-refractivity contribution in [1.82, 2.24) is 10.2 Å². The molecule has 0 aromatic heterocycles. The fourth-order valence-electron chi connectivity index (χ4n) is 4.35. The summed E-state index contributed by atoms with van der Waals surface area (Å²) in [6.45, 7) is 4.74. The number of rotatable bonds is 4. The Kier molecular flexibility index (Phi) is 8.17. The van der Waals surface area contributed by atoms with E-state index < -0.39 is 5.60 Å². The number of aliphatic hydroxyl groups is 1. The van der Waals surface area contributed by atoms with Crippen molar-refractivity contribution in [2.24, 2.45) is 5.92 Å². The second-order valence-corrected chi connectivity index (χ2v) is 7.67. The van der Waals surface area contributed by atoms with Gasteiger partial charge in [-0.15, -0.1) is 24.8 Å². The molecule has 28 heavy (non-hydrogen) atoms. The molecule has 154 valence electrons. The highest BCUT2D eigenvalue weighted by atomic mass is 35.5. The predicted molar refractivity (Wildman–Crippen MR) is 119 cm³/mol. The second kappa shape index (κ2) is 9.95. The van der Waals surface area contributed by atoms with E-state index in [1.807, 2.05) is 12.1 Å². The van der Waals surface area contributed by atoms with Gasteiger partial charge in [-0.2, -0.15) is 0 Å². The Hall–Kier alpha value is -1.30. The van der Waals surface area contributed by atoms with Crippen molar-refractivity contribution < 1.29 is 9.84 Å². The minimum atomic E-state index is -0.454. The first kappa shape index (κ1) is 23.0. The molecule has 2 heterocycles. The molecule has 2 aromatic rings. The molecule has 2 aliphatic heterocycles. The van der Waals surface area contributed by atoms with E-state index in [0.29, 0.717) is 5.92 Å². The minimum Gasteiger partial charge on any atom is -0.497 e. The van der Waals surface area contributed by atoms with Crippen molar-refractivity contribution in [2.75, 3.05) is 33.3 Å². The minimum absolute atomic E-state index is 0. The summed E-state index contributed by atoms with van der Waals surface area (Å²) in [4.78, 5) is 2.48. The smallest absolute Gasteiger partial charge is 0.119 e. The van der Waals surface area contributed by atoms with Gasteiger partial charge in [-0.25, -0.2) is 0 Å². The molecule has 0 amide bonds. The van der Waals surface area contributed by atoms with Crippen molar-refractivity contribution in [3.05, 3.63) is 54.1 Å². The first-order valence-corrected chi connectivity index (χ1v) is 9.55. The zero-order valence-electron chi connectivity index (χ0n) is 16.3. The number of hydrogen-bond acceptors (Lipinski definition) is 4. The van der Waals surface area contributed by atoms with Crippen molar-refractivity contribution in [2.45, 2.75) is 25.0 Å². The van der Waals surface area contributed by atoms with E-state index in [1.54, 1.807) is 7.11 Å². The van der Waals surface area contributed by atoms with E-state index in [0.717, 1.165) is 51.3 Å². The molecule has 0 bridgehead atoms. The van der Waals surface area contributed by atoms with Gasteiger partial charge in [-0.1, -0.05) is 30.3 Å². The first-order chi connectivity index (χ1) is 12.7. The number of likely N-dealkylation sites (tertiary alicyclic amines) is 1. The highest BCUT2D eigenvalue weighted by Gasteiger charge is 2.42. The summed E-state index contributed by atoms with van der Waals surface area (Å²) in [5.41, 5.74) is 3.26. The van der Waals surface area contributed by atoms with Gasteiger partial charge in [0.25, 0.3) is 0 Å². The molecule has 0 radical (unpaired) electrons.